The molecule has 3 atom stereocenters. The van der Waals surface area contributed by atoms with Gasteiger partial charge in [0.1, 0.15) is 23.7 Å². The van der Waals surface area contributed by atoms with Crippen LogP contribution in [0.4, 0.5) is 4.39 Å². The summed E-state index contributed by atoms with van der Waals surface area (Å²) in [6.07, 6.45) is 2.98. The Hall–Kier alpha value is -4.27. The van der Waals surface area contributed by atoms with E-state index >= 15 is 0 Å². The number of Topliss-reactive ketones (excluding diaryl/α,β-unsaturated/α-hetero) is 1. The summed E-state index contributed by atoms with van der Waals surface area (Å²) >= 11 is 0. The third-order valence-corrected chi connectivity index (χ3v) is 7.01. The third-order valence-electron chi connectivity index (χ3n) is 7.01. The molecular weight excluding hydrogens is 467 g/mol. The van der Waals surface area contributed by atoms with E-state index in [1.54, 1.807) is 30.5 Å². The normalized spacial score (nSPS) is 25.2. The number of hydrogen-bond donors (Lipinski definition) is 0. The highest BCUT2D eigenvalue weighted by Gasteiger charge is 2.75. The number of carbonyl (C=O) groups excluding carboxylic acids is 3. The molecule has 4 heterocycles. The van der Waals surface area contributed by atoms with Crippen LogP contribution >= 0.6 is 0 Å². The molecule has 2 fully saturated rings. The lowest BCUT2D eigenvalue weighted by molar-refractivity contribution is -0.254. The smallest absolute Gasteiger partial charge is 0.330 e. The van der Waals surface area contributed by atoms with E-state index in [4.69, 9.17) is 13.9 Å². The van der Waals surface area contributed by atoms with Gasteiger partial charge in [0.25, 0.3) is 5.79 Å². The number of nitrogens with zero attached hydrogens (tertiary/aromatic N) is 2. The van der Waals surface area contributed by atoms with Gasteiger partial charge < -0.3 is 13.9 Å². The molecule has 2 aromatic carbocycles. The number of benzene rings is 2. The first kappa shape index (κ1) is 22.2. The summed E-state index contributed by atoms with van der Waals surface area (Å²) in [5.74, 6) is -5.03. The van der Waals surface area contributed by atoms with E-state index in [1.165, 1.54) is 49.4 Å². The topological polar surface area (TPSA) is 98.4 Å². The fourth-order valence-corrected chi connectivity index (χ4v) is 5.58. The van der Waals surface area contributed by atoms with Crippen LogP contribution in [0, 0.1) is 11.2 Å². The van der Waals surface area contributed by atoms with Gasteiger partial charge in [-0.3, -0.25) is 19.4 Å². The Morgan fingerprint density at radius 1 is 0.972 bits per heavy atom. The van der Waals surface area contributed by atoms with Crippen molar-refractivity contribution in [1.29, 1.82) is 0 Å². The minimum atomic E-state index is -2.00. The Morgan fingerprint density at radius 3 is 2.33 bits per heavy atom. The molecular formula is C27H21FN2O6. The number of cyclic esters (lactones) is 2. The lowest BCUT2D eigenvalue weighted by Gasteiger charge is -2.43. The number of rotatable bonds is 3. The second-order valence-corrected chi connectivity index (χ2v) is 9.51. The first-order chi connectivity index (χ1) is 17.2. The molecule has 3 aromatic rings. The number of halogens is 1. The zero-order valence-electron chi connectivity index (χ0n) is 19.4. The van der Waals surface area contributed by atoms with Crippen molar-refractivity contribution < 1.29 is 32.7 Å². The fraction of sp³-hybridized carbons (Fsp3) is 0.259. The molecule has 3 aliphatic heterocycles. The molecule has 6 rings (SSSR count). The molecule has 36 heavy (non-hydrogen) atoms. The molecule has 0 unspecified atom stereocenters. The number of carbonyl (C=O) groups is 3. The van der Waals surface area contributed by atoms with Gasteiger partial charge in [-0.05, 0) is 47.5 Å². The molecule has 0 radical (unpaired) electrons. The Bertz CT molecular complexity index is 1390. The maximum atomic E-state index is 14.0. The number of hydrogen-bond acceptors (Lipinski definition) is 8. The maximum absolute atomic E-state index is 14.0. The minimum Gasteiger partial charge on any atom is -0.469 e. The summed E-state index contributed by atoms with van der Waals surface area (Å²) in [7, 11) is 0. The van der Waals surface area contributed by atoms with Crippen molar-refractivity contribution in [3.63, 3.8) is 0 Å². The van der Waals surface area contributed by atoms with Crippen molar-refractivity contribution in [2.75, 3.05) is 0 Å². The number of ether oxygens (including phenoxy) is 2. The molecule has 0 bridgehead atoms. The standard InChI is InChI=1S/C27H21FN2O6/c1-26(2)35-24(32)27(25(33)36-26)20(19-8-5-13-34-19)21(22(31)15-9-11-17(28)12-10-15)30-23(27)18-7-4-3-6-16(18)14-29-30/h3-14,20-21,23H,1-2H3/t20-,21+,23+/m1/s1. The molecule has 8 nitrogen and oxygen atoms in total. The van der Waals surface area contributed by atoms with E-state index in [0.29, 0.717) is 11.1 Å². The molecule has 0 saturated carbocycles. The van der Waals surface area contributed by atoms with Crippen LogP contribution in [-0.2, 0) is 19.1 Å². The Morgan fingerprint density at radius 2 is 1.67 bits per heavy atom. The number of furan rings is 1. The lowest BCUT2D eigenvalue weighted by atomic mass is 9.66. The van der Waals surface area contributed by atoms with E-state index < -0.39 is 52.7 Å². The van der Waals surface area contributed by atoms with Gasteiger partial charge in [-0.1, -0.05) is 24.3 Å². The summed E-state index contributed by atoms with van der Waals surface area (Å²) in [5.41, 5.74) is -0.494. The fourth-order valence-electron chi connectivity index (χ4n) is 5.58. The van der Waals surface area contributed by atoms with Crippen molar-refractivity contribution in [2.24, 2.45) is 10.5 Å². The van der Waals surface area contributed by atoms with Crippen molar-refractivity contribution in [2.45, 2.75) is 37.6 Å². The number of ketones is 1. The lowest BCUT2D eigenvalue weighted by Crippen LogP contribution is -2.58. The van der Waals surface area contributed by atoms with E-state index in [2.05, 4.69) is 5.10 Å². The molecule has 3 aliphatic rings. The van der Waals surface area contributed by atoms with E-state index in [0.717, 1.165) is 0 Å². The Kier molecular flexibility index (Phi) is 4.70. The quantitative estimate of drug-likeness (QED) is 0.312. The molecule has 0 N–H and O–H groups in total. The average molecular weight is 488 g/mol. The van der Waals surface area contributed by atoms with E-state index in [9.17, 15) is 18.8 Å². The highest BCUT2D eigenvalue weighted by atomic mass is 19.1. The van der Waals surface area contributed by atoms with Gasteiger partial charge in [0.15, 0.2) is 5.78 Å². The van der Waals surface area contributed by atoms with Crippen LogP contribution in [0.3, 0.4) is 0 Å². The predicted octanol–water partition coefficient (Wildman–Crippen LogP) is 3.98. The van der Waals surface area contributed by atoms with Crippen LogP contribution in [0.5, 0.6) is 0 Å². The van der Waals surface area contributed by atoms with E-state index in [-0.39, 0.29) is 11.3 Å². The van der Waals surface area contributed by atoms with Crippen molar-refractivity contribution in [3.05, 3.63) is 95.2 Å². The summed E-state index contributed by atoms with van der Waals surface area (Å²) < 4.78 is 30.7. The molecule has 182 valence electrons. The van der Waals surface area contributed by atoms with E-state index in [1.807, 2.05) is 12.1 Å². The van der Waals surface area contributed by atoms with Crippen LogP contribution in [0.15, 0.2) is 76.4 Å². The monoisotopic (exact) mass is 488 g/mol. The Balaban J connectivity index is 1.63. The van der Waals surface area contributed by atoms with Gasteiger partial charge >= 0.3 is 11.9 Å². The second kappa shape index (κ2) is 7.61. The highest BCUT2D eigenvalue weighted by molar-refractivity contribution is 6.09. The second-order valence-electron chi connectivity index (χ2n) is 9.51. The SMILES string of the molecule is CC1(C)OC(=O)C2(C(=O)O1)[C@H](c1ccco1)[C@@H](C(=O)c1ccc(F)cc1)N1N=Cc3ccccc3[C@H]12. The van der Waals surface area contributed by atoms with Crippen LogP contribution in [0.2, 0.25) is 0 Å². The van der Waals surface area contributed by atoms with Crippen molar-refractivity contribution in [1.82, 2.24) is 5.01 Å². The van der Waals surface area contributed by atoms with Crippen LogP contribution in [0.25, 0.3) is 0 Å². The van der Waals surface area contributed by atoms with Crippen molar-refractivity contribution in [3.8, 4) is 0 Å². The largest absolute Gasteiger partial charge is 0.469 e. The zero-order valence-corrected chi connectivity index (χ0v) is 19.4. The first-order valence-corrected chi connectivity index (χ1v) is 11.5. The molecule has 0 aliphatic carbocycles. The predicted molar refractivity (Wildman–Crippen MR) is 123 cm³/mol. The number of fused-ring (bicyclic) bond motifs is 4. The molecule has 9 heteroatoms. The third kappa shape index (κ3) is 2.98. The number of esters is 2. The number of hydrazone groups is 1. The summed E-state index contributed by atoms with van der Waals surface area (Å²) in [5, 5.41) is 6.01. The van der Waals surface area contributed by atoms with Gasteiger partial charge in [0, 0.05) is 19.4 Å². The summed E-state index contributed by atoms with van der Waals surface area (Å²) in [6.45, 7) is 2.94. The maximum Gasteiger partial charge on any atom is 0.330 e. The Labute approximate surface area is 205 Å². The molecule has 0 amide bonds. The van der Waals surface area contributed by atoms with Crippen LogP contribution < -0.4 is 0 Å². The van der Waals surface area contributed by atoms with Crippen molar-refractivity contribution >= 4 is 23.9 Å². The van der Waals surface area contributed by atoms with Gasteiger partial charge in [0.05, 0.1) is 18.4 Å². The van der Waals surface area contributed by atoms with Gasteiger partial charge in [-0.2, -0.15) is 5.10 Å². The highest BCUT2D eigenvalue weighted by Crippen LogP contribution is 2.62. The molecule has 1 spiro atoms. The first-order valence-electron chi connectivity index (χ1n) is 11.5. The molecule has 1 aromatic heterocycles. The molecule has 2 saturated heterocycles. The van der Waals surface area contributed by atoms with Gasteiger partial charge in [-0.15, -0.1) is 0 Å². The summed E-state index contributed by atoms with van der Waals surface area (Å²) in [6, 6.07) is 13.3. The zero-order chi connectivity index (χ0) is 25.2. The minimum absolute atomic E-state index is 0.195. The summed E-state index contributed by atoms with van der Waals surface area (Å²) in [4.78, 5) is 41.9. The average Bonchev–Trinajstić information content (AvgIpc) is 3.47. The van der Waals surface area contributed by atoms with Gasteiger partial charge in [-0.25, -0.2) is 4.39 Å². The van der Waals surface area contributed by atoms with Crippen LogP contribution in [-0.4, -0.2) is 40.8 Å². The van der Waals surface area contributed by atoms with Gasteiger partial charge in [0.2, 0.25) is 5.41 Å². The van der Waals surface area contributed by atoms with Crippen LogP contribution in [0.1, 0.15) is 53.1 Å².